The molecular formula is C12H10ClFN2O2. The van der Waals surface area contributed by atoms with E-state index in [0.29, 0.717) is 17.1 Å². The fourth-order valence-corrected chi connectivity index (χ4v) is 1.63. The van der Waals surface area contributed by atoms with Crippen LogP contribution in [0.15, 0.2) is 28.8 Å². The molecule has 0 unspecified atom stereocenters. The molecule has 94 valence electrons. The van der Waals surface area contributed by atoms with Gasteiger partial charge in [-0.1, -0.05) is 16.8 Å². The van der Waals surface area contributed by atoms with Gasteiger partial charge in [0.05, 0.1) is 17.1 Å². The third-order valence-corrected chi connectivity index (χ3v) is 2.51. The van der Waals surface area contributed by atoms with Crippen LogP contribution in [0.1, 0.15) is 11.5 Å². The van der Waals surface area contributed by atoms with Crippen molar-refractivity contribution >= 4 is 23.2 Å². The van der Waals surface area contributed by atoms with Gasteiger partial charge in [-0.3, -0.25) is 4.79 Å². The number of carbonyl (C=O) groups is 1. The van der Waals surface area contributed by atoms with Crippen LogP contribution in [0.4, 0.5) is 10.1 Å². The maximum atomic E-state index is 12.9. The van der Waals surface area contributed by atoms with Crippen molar-refractivity contribution in [3.8, 4) is 0 Å². The molecule has 2 aromatic rings. The van der Waals surface area contributed by atoms with Gasteiger partial charge in [-0.2, -0.15) is 0 Å². The van der Waals surface area contributed by atoms with E-state index >= 15 is 0 Å². The zero-order valence-corrected chi connectivity index (χ0v) is 10.3. The van der Waals surface area contributed by atoms with Gasteiger partial charge in [0.25, 0.3) is 0 Å². The molecule has 0 bridgehead atoms. The summed E-state index contributed by atoms with van der Waals surface area (Å²) in [6, 6.07) is 5.66. The van der Waals surface area contributed by atoms with Gasteiger partial charge in [0, 0.05) is 11.8 Å². The van der Waals surface area contributed by atoms with Gasteiger partial charge in [0.15, 0.2) is 0 Å². The zero-order chi connectivity index (χ0) is 13.1. The Labute approximate surface area is 108 Å². The first kappa shape index (κ1) is 12.6. The molecule has 6 heteroatoms. The molecule has 1 amide bonds. The number of benzene rings is 1. The lowest BCUT2D eigenvalue weighted by atomic mass is 10.2. The number of carbonyl (C=O) groups excluding carboxylic acids is 1. The fraction of sp³-hybridized carbons (Fsp3) is 0.167. The molecule has 1 heterocycles. The largest absolute Gasteiger partial charge is 0.361 e. The number of anilines is 1. The van der Waals surface area contributed by atoms with E-state index in [1.165, 1.54) is 18.2 Å². The lowest BCUT2D eigenvalue weighted by Gasteiger charge is -2.04. The van der Waals surface area contributed by atoms with E-state index < -0.39 is 5.82 Å². The molecule has 0 fully saturated rings. The van der Waals surface area contributed by atoms with Crippen LogP contribution in [0.5, 0.6) is 0 Å². The quantitative estimate of drug-likeness (QED) is 0.931. The second-order valence-electron chi connectivity index (χ2n) is 3.78. The maximum absolute atomic E-state index is 12.9. The van der Waals surface area contributed by atoms with Gasteiger partial charge in [0.1, 0.15) is 11.6 Å². The van der Waals surface area contributed by atoms with Crippen LogP contribution in [0.25, 0.3) is 0 Å². The van der Waals surface area contributed by atoms with Crippen molar-refractivity contribution in [2.75, 3.05) is 5.32 Å². The number of nitrogens with one attached hydrogen (secondary N) is 1. The lowest BCUT2D eigenvalue weighted by Crippen LogP contribution is -2.14. The Morgan fingerprint density at radius 3 is 2.89 bits per heavy atom. The molecule has 0 aliphatic carbocycles. The number of amides is 1. The predicted octanol–water partition coefficient (Wildman–Crippen LogP) is 2.96. The van der Waals surface area contributed by atoms with Crippen molar-refractivity contribution < 1.29 is 13.7 Å². The second-order valence-corrected chi connectivity index (χ2v) is 4.19. The number of nitrogens with zero attached hydrogens (tertiary/aromatic N) is 1. The van der Waals surface area contributed by atoms with Crippen molar-refractivity contribution in [2.45, 2.75) is 13.3 Å². The zero-order valence-electron chi connectivity index (χ0n) is 9.54. The number of aromatic nitrogens is 1. The second kappa shape index (κ2) is 5.18. The first-order chi connectivity index (χ1) is 8.54. The summed E-state index contributed by atoms with van der Waals surface area (Å²) >= 11 is 5.61. The third kappa shape index (κ3) is 3.07. The lowest BCUT2D eigenvalue weighted by molar-refractivity contribution is -0.115. The highest BCUT2D eigenvalue weighted by Crippen LogP contribution is 2.19. The summed E-state index contributed by atoms with van der Waals surface area (Å²) in [7, 11) is 0. The first-order valence-corrected chi connectivity index (χ1v) is 5.59. The Morgan fingerprint density at radius 2 is 2.28 bits per heavy atom. The van der Waals surface area contributed by atoms with E-state index in [0.717, 1.165) is 0 Å². The van der Waals surface area contributed by atoms with Crippen molar-refractivity contribution in [1.29, 1.82) is 0 Å². The van der Waals surface area contributed by atoms with Crippen LogP contribution in [0, 0.1) is 12.7 Å². The summed E-state index contributed by atoms with van der Waals surface area (Å²) in [4.78, 5) is 11.7. The van der Waals surface area contributed by atoms with E-state index in [1.807, 2.05) is 0 Å². The van der Waals surface area contributed by atoms with E-state index in [2.05, 4.69) is 10.5 Å². The van der Waals surface area contributed by atoms with Crippen LogP contribution in [-0.2, 0) is 11.2 Å². The molecule has 0 atom stereocenters. The van der Waals surface area contributed by atoms with Crippen molar-refractivity contribution in [3.05, 3.63) is 46.6 Å². The monoisotopic (exact) mass is 268 g/mol. The smallest absolute Gasteiger partial charge is 0.230 e. The first-order valence-electron chi connectivity index (χ1n) is 5.21. The maximum Gasteiger partial charge on any atom is 0.230 e. The molecule has 4 nitrogen and oxygen atoms in total. The standard InChI is InChI=1S/C12H10ClFN2O2/c1-7-4-9(16-18-7)6-12(17)15-8-2-3-11(14)10(13)5-8/h2-5H,6H2,1H3,(H,15,17). The third-order valence-electron chi connectivity index (χ3n) is 2.22. The van der Waals surface area contributed by atoms with Gasteiger partial charge < -0.3 is 9.84 Å². The Hall–Kier alpha value is -1.88. The van der Waals surface area contributed by atoms with Gasteiger partial charge in [-0.15, -0.1) is 0 Å². The molecule has 0 spiro atoms. The van der Waals surface area contributed by atoms with E-state index in [-0.39, 0.29) is 17.4 Å². The van der Waals surface area contributed by atoms with Gasteiger partial charge in [0.2, 0.25) is 5.91 Å². The van der Waals surface area contributed by atoms with Gasteiger partial charge >= 0.3 is 0 Å². The molecule has 1 aromatic carbocycles. The summed E-state index contributed by atoms with van der Waals surface area (Å²) in [6.45, 7) is 1.74. The summed E-state index contributed by atoms with van der Waals surface area (Å²) in [5.41, 5.74) is 0.977. The minimum Gasteiger partial charge on any atom is -0.361 e. The van der Waals surface area contributed by atoms with Crippen LogP contribution in [0.3, 0.4) is 0 Å². The highest BCUT2D eigenvalue weighted by atomic mass is 35.5. The number of rotatable bonds is 3. The van der Waals surface area contributed by atoms with Crippen molar-refractivity contribution in [2.24, 2.45) is 0 Å². The van der Waals surface area contributed by atoms with Crippen LogP contribution in [-0.4, -0.2) is 11.1 Å². The van der Waals surface area contributed by atoms with Crippen LogP contribution >= 0.6 is 11.6 Å². The number of halogens is 2. The Bertz CT molecular complexity index is 583. The van der Waals surface area contributed by atoms with Gasteiger partial charge in [-0.25, -0.2) is 4.39 Å². The molecular weight excluding hydrogens is 259 g/mol. The molecule has 1 aromatic heterocycles. The van der Waals surface area contributed by atoms with E-state index in [4.69, 9.17) is 16.1 Å². The minimum atomic E-state index is -0.526. The Kier molecular flexibility index (Phi) is 3.62. The average molecular weight is 269 g/mol. The van der Waals surface area contributed by atoms with E-state index in [9.17, 15) is 9.18 Å². The van der Waals surface area contributed by atoms with E-state index in [1.54, 1.807) is 13.0 Å². The number of hydrogen-bond donors (Lipinski definition) is 1. The molecule has 2 rings (SSSR count). The Balaban J connectivity index is 2.00. The summed E-state index contributed by atoms with van der Waals surface area (Å²) in [6.07, 6.45) is 0.0896. The highest BCUT2D eigenvalue weighted by molar-refractivity contribution is 6.31. The van der Waals surface area contributed by atoms with Crippen LogP contribution in [0.2, 0.25) is 5.02 Å². The predicted molar refractivity (Wildman–Crippen MR) is 65.0 cm³/mol. The topological polar surface area (TPSA) is 55.1 Å². The number of hydrogen-bond acceptors (Lipinski definition) is 3. The van der Waals surface area contributed by atoms with Crippen molar-refractivity contribution in [3.63, 3.8) is 0 Å². The average Bonchev–Trinajstić information content (AvgIpc) is 2.69. The molecule has 18 heavy (non-hydrogen) atoms. The molecule has 0 radical (unpaired) electrons. The van der Waals surface area contributed by atoms with Crippen molar-refractivity contribution in [1.82, 2.24) is 5.16 Å². The normalized spacial score (nSPS) is 10.4. The fourth-order valence-electron chi connectivity index (χ4n) is 1.44. The molecule has 0 saturated heterocycles. The van der Waals surface area contributed by atoms with Crippen LogP contribution < -0.4 is 5.32 Å². The minimum absolute atomic E-state index is 0.0370. The molecule has 0 saturated carbocycles. The SMILES string of the molecule is Cc1cc(CC(=O)Nc2ccc(F)c(Cl)c2)no1. The summed E-state index contributed by atoms with van der Waals surface area (Å²) < 4.78 is 17.8. The summed E-state index contributed by atoms with van der Waals surface area (Å²) in [5.74, 6) is -0.157. The number of aryl methyl sites for hydroxylation is 1. The molecule has 0 aliphatic heterocycles. The molecule has 0 aliphatic rings. The Morgan fingerprint density at radius 1 is 1.50 bits per heavy atom. The van der Waals surface area contributed by atoms with Gasteiger partial charge in [-0.05, 0) is 25.1 Å². The molecule has 1 N–H and O–H groups in total. The summed E-state index contributed by atoms with van der Waals surface area (Å²) in [5, 5.41) is 6.27. The highest BCUT2D eigenvalue weighted by Gasteiger charge is 2.09.